The van der Waals surface area contributed by atoms with Crippen molar-refractivity contribution in [1.82, 2.24) is 5.32 Å². The van der Waals surface area contributed by atoms with E-state index in [1.54, 1.807) is 13.2 Å². The van der Waals surface area contributed by atoms with E-state index in [4.69, 9.17) is 4.74 Å². The molecular formula is C23H30N4O3. The van der Waals surface area contributed by atoms with Gasteiger partial charge < -0.3 is 25.6 Å². The molecule has 1 heterocycles. The molecule has 2 aromatic rings. The van der Waals surface area contributed by atoms with Crippen LogP contribution in [0.4, 0.5) is 21.9 Å². The van der Waals surface area contributed by atoms with Gasteiger partial charge in [0, 0.05) is 43.8 Å². The highest BCUT2D eigenvalue weighted by molar-refractivity contribution is 6.04. The van der Waals surface area contributed by atoms with Crippen LogP contribution in [0.2, 0.25) is 0 Å². The molecule has 1 saturated heterocycles. The lowest BCUT2D eigenvalue weighted by Crippen LogP contribution is -2.30. The van der Waals surface area contributed by atoms with Crippen LogP contribution in [0.1, 0.15) is 34.3 Å². The Bertz CT molecular complexity index is 907. The standard InChI is InChI=1S/C23H30N4O3/c1-16-7-6-8-20(17(16)2)26-23(29)25-18-9-10-21(27-12-4-5-13-27)19(15-18)22(28)24-11-14-30-3/h6-10,15H,4-5,11-14H2,1-3H3,(H,24,28)(H2,25,26,29). The highest BCUT2D eigenvalue weighted by Crippen LogP contribution is 2.28. The number of nitrogens with one attached hydrogen (secondary N) is 3. The van der Waals surface area contributed by atoms with Crippen LogP contribution in [0, 0.1) is 13.8 Å². The first-order valence-electron chi connectivity index (χ1n) is 10.3. The summed E-state index contributed by atoms with van der Waals surface area (Å²) in [6.45, 7) is 6.71. The third kappa shape index (κ3) is 5.30. The summed E-state index contributed by atoms with van der Waals surface area (Å²) in [5, 5.41) is 8.61. The monoisotopic (exact) mass is 410 g/mol. The maximum absolute atomic E-state index is 12.8. The fourth-order valence-corrected chi connectivity index (χ4v) is 3.56. The van der Waals surface area contributed by atoms with Gasteiger partial charge >= 0.3 is 6.03 Å². The van der Waals surface area contributed by atoms with E-state index in [1.807, 2.05) is 44.2 Å². The quantitative estimate of drug-likeness (QED) is 0.604. The number of carbonyl (C=O) groups excluding carboxylic acids is 2. The molecule has 3 rings (SSSR count). The van der Waals surface area contributed by atoms with Gasteiger partial charge in [-0.1, -0.05) is 12.1 Å². The summed E-state index contributed by atoms with van der Waals surface area (Å²) in [7, 11) is 1.60. The van der Waals surface area contributed by atoms with Crippen LogP contribution in [-0.4, -0.2) is 45.3 Å². The minimum absolute atomic E-state index is 0.174. The summed E-state index contributed by atoms with van der Waals surface area (Å²) >= 11 is 0. The van der Waals surface area contributed by atoms with Gasteiger partial charge in [-0.3, -0.25) is 4.79 Å². The van der Waals surface area contributed by atoms with Crippen molar-refractivity contribution in [2.45, 2.75) is 26.7 Å². The Hall–Kier alpha value is -3.06. The lowest BCUT2D eigenvalue weighted by atomic mass is 10.1. The molecule has 7 nitrogen and oxygen atoms in total. The number of urea groups is 1. The van der Waals surface area contributed by atoms with Gasteiger partial charge in [-0.25, -0.2) is 4.79 Å². The van der Waals surface area contributed by atoms with Crippen LogP contribution >= 0.6 is 0 Å². The molecule has 7 heteroatoms. The molecule has 0 atom stereocenters. The molecule has 0 saturated carbocycles. The minimum Gasteiger partial charge on any atom is -0.383 e. The zero-order chi connectivity index (χ0) is 21.5. The largest absolute Gasteiger partial charge is 0.383 e. The Morgan fingerprint density at radius 2 is 1.83 bits per heavy atom. The summed E-state index contributed by atoms with van der Waals surface area (Å²) in [5.41, 5.74) is 4.91. The normalized spacial score (nSPS) is 13.2. The van der Waals surface area contributed by atoms with Crippen LogP contribution in [0.3, 0.4) is 0 Å². The lowest BCUT2D eigenvalue weighted by molar-refractivity contribution is 0.0937. The first-order chi connectivity index (χ1) is 14.5. The number of amides is 3. The van der Waals surface area contributed by atoms with Gasteiger partial charge in [0.2, 0.25) is 0 Å². The summed E-state index contributed by atoms with van der Waals surface area (Å²) in [6.07, 6.45) is 2.23. The Morgan fingerprint density at radius 3 is 2.57 bits per heavy atom. The van der Waals surface area contributed by atoms with Crippen molar-refractivity contribution in [3.8, 4) is 0 Å². The number of hydrogen-bond acceptors (Lipinski definition) is 4. The molecule has 1 fully saturated rings. The van der Waals surface area contributed by atoms with E-state index in [9.17, 15) is 9.59 Å². The van der Waals surface area contributed by atoms with E-state index in [0.29, 0.717) is 24.4 Å². The van der Waals surface area contributed by atoms with Crippen LogP contribution < -0.4 is 20.9 Å². The molecule has 0 spiro atoms. The zero-order valence-corrected chi connectivity index (χ0v) is 17.9. The Morgan fingerprint density at radius 1 is 1.07 bits per heavy atom. The maximum Gasteiger partial charge on any atom is 0.323 e. The van der Waals surface area contributed by atoms with Crippen molar-refractivity contribution in [3.63, 3.8) is 0 Å². The van der Waals surface area contributed by atoms with Crippen molar-refractivity contribution in [2.24, 2.45) is 0 Å². The van der Waals surface area contributed by atoms with Crippen molar-refractivity contribution < 1.29 is 14.3 Å². The number of benzene rings is 2. The number of aryl methyl sites for hydroxylation is 1. The third-order valence-corrected chi connectivity index (χ3v) is 5.39. The SMILES string of the molecule is COCCNC(=O)c1cc(NC(=O)Nc2cccc(C)c2C)ccc1N1CCCC1. The number of nitrogens with zero attached hydrogens (tertiary/aromatic N) is 1. The van der Waals surface area contributed by atoms with Gasteiger partial charge in [0.15, 0.2) is 0 Å². The number of ether oxygens (including phenoxy) is 1. The second-order valence-corrected chi connectivity index (χ2v) is 7.50. The molecule has 0 radical (unpaired) electrons. The zero-order valence-electron chi connectivity index (χ0n) is 17.9. The molecule has 0 aromatic heterocycles. The number of anilines is 3. The molecule has 1 aliphatic heterocycles. The minimum atomic E-state index is -0.344. The molecule has 0 unspecified atom stereocenters. The van der Waals surface area contributed by atoms with Gasteiger partial charge in [-0.05, 0) is 62.1 Å². The molecule has 0 aliphatic carbocycles. The first-order valence-corrected chi connectivity index (χ1v) is 10.3. The predicted octanol–water partition coefficient (Wildman–Crippen LogP) is 3.92. The van der Waals surface area contributed by atoms with E-state index >= 15 is 0 Å². The molecule has 0 bridgehead atoms. The number of hydrogen-bond donors (Lipinski definition) is 3. The number of rotatable bonds is 7. The van der Waals surface area contributed by atoms with Crippen LogP contribution in [-0.2, 0) is 4.74 Å². The topological polar surface area (TPSA) is 82.7 Å². The van der Waals surface area contributed by atoms with Crippen LogP contribution in [0.25, 0.3) is 0 Å². The van der Waals surface area contributed by atoms with E-state index in [-0.39, 0.29) is 11.9 Å². The third-order valence-electron chi connectivity index (χ3n) is 5.39. The molecule has 3 N–H and O–H groups in total. The van der Waals surface area contributed by atoms with Crippen molar-refractivity contribution in [1.29, 1.82) is 0 Å². The van der Waals surface area contributed by atoms with Crippen LogP contribution in [0.5, 0.6) is 0 Å². The molecule has 1 aliphatic rings. The molecule has 2 aromatic carbocycles. The first kappa shape index (κ1) is 21.6. The van der Waals surface area contributed by atoms with E-state index < -0.39 is 0 Å². The molecule has 3 amide bonds. The van der Waals surface area contributed by atoms with Gasteiger partial charge in [0.1, 0.15) is 0 Å². The molecule has 30 heavy (non-hydrogen) atoms. The van der Waals surface area contributed by atoms with Crippen molar-refractivity contribution in [3.05, 3.63) is 53.1 Å². The van der Waals surface area contributed by atoms with Gasteiger partial charge in [-0.2, -0.15) is 0 Å². The fraction of sp³-hybridized carbons (Fsp3) is 0.391. The summed E-state index contributed by atoms with van der Waals surface area (Å²) in [5.74, 6) is -0.174. The van der Waals surface area contributed by atoms with E-state index in [2.05, 4.69) is 20.9 Å². The Balaban J connectivity index is 1.77. The Labute approximate surface area is 177 Å². The van der Waals surface area contributed by atoms with Crippen LogP contribution in [0.15, 0.2) is 36.4 Å². The molecule has 160 valence electrons. The summed E-state index contributed by atoms with van der Waals surface area (Å²) in [6, 6.07) is 10.9. The summed E-state index contributed by atoms with van der Waals surface area (Å²) in [4.78, 5) is 27.5. The maximum atomic E-state index is 12.8. The average molecular weight is 411 g/mol. The van der Waals surface area contributed by atoms with Gasteiger partial charge in [0.05, 0.1) is 12.2 Å². The van der Waals surface area contributed by atoms with E-state index in [1.165, 1.54) is 0 Å². The smallest absolute Gasteiger partial charge is 0.323 e. The Kier molecular flexibility index (Phi) is 7.30. The fourth-order valence-electron chi connectivity index (χ4n) is 3.56. The summed E-state index contributed by atoms with van der Waals surface area (Å²) < 4.78 is 5.02. The highest BCUT2D eigenvalue weighted by Gasteiger charge is 2.20. The highest BCUT2D eigenvalue weighted by atomic mass is 16.5. The van der Waals surface area contributed by atoms with E-state index in [0.717, 1.165) is 48.4 Å². The molecular weight excluding hydrogens is 380 g/mol. The average Bonchev–Trinajstić information content (AvgIpc) is 3.26. The second kappa shape index (κ2) is 10.1. The predicted molar refractivity (Wildman–Crippen MR) is 121 cm³/mol. The lowest BCUT2D eigenvalue weighted by Gasteiger charge is -2.22. The second-order valence-electron chi connectivity index (χ2n) is 7.50. The van der Waals surface area contributed by atoms with Gasteiger partial charge in [-0.15, -0.1) is 0 Å². The van der Waals surface area contributed by atoms with Crippen molar-refractivity contribution >= 4 is 29.0 Å². The number of methoxy groups -OCH3 is 1. The van der Waals surface area contributed by atoms with Gasteiger partial charge in [0.25, 0.3) is 5.91 Å². The number of carbonyl (C=O) groups is 2. The van der Waals surface area contributed by atoms with Crippen molar-refractivity contribution in [2.75, 3.05) is 48.9 Å².